The number of fused-ring (bicyclic) bond motifs is 1. The van der Waals surface area contributed by atoms with E-state index in [0.29, 0.717) is 11.2 Å². The molecular formula is C15H20ClN3S. The number of rotatable bonds is 2. The third-order valence-corrected chi connectivity index (χ3v) is 5.66. The van der Waals surface area contributed by atoms with Crippen LogP contribution in [0.15, 0.2) is 0 Å². The smallest absolute Gasteiger partial charge is 0.145 e. The van der Waals surface area contributed by atoms with Crippen LogP contribution in [-0.4, -0.2) is 27.5 Å². The van der Waals surface area contributed by atoms with E-state index < -0.39 is 0 Å². The van der Waals surface area contributed by atoms with Crippen LogP contribution >= 0.6 is 22.9 Å². The summed E-state index contributed by atoms with van der Waals surface area (Å²) in [5.74, 6) is 1.61. The lowest BCUT2D eigenvalue weighted by Gasteiger charge is -2.19. The van der Waals surface area contributed by atoms with E-state index in [4.69, 9.17) is 16.6 Å². The second-order valence-electron chi connectivity index (χ2n) is 6.01. The molecular weight excluding hydrogens is 290 g/mol. The molecule has 0 radical (unpaired) electrons. The first kappa shape index (κ1) is 14.2. The topological polar surface area (TPSA) is 29.0 Å². The SMILES string of the molecule is Cc1sc2nc(CN3CC(C)CC3C)nc(Cl)c2c1C. The van der Waals surface area contributed by atoms with E-state index in [0.717, 1.165) is 35.0 Å². The molecule has 0 bridgehead atoms. The second-order valence-corrected chi connectivity index (χ2v) is 7.57. The van der Waals surface area contributed by atoms with Gasteiger partial charge in [-0.1, -0.05) is 18.5 Å². The Balaban J connectivity index is 1.93. The fraction of sp³-hybridized carbons (Fsp3) is 0.600. The minimum atomic E-state index is 0.603. The first-order valence-corrected chi connectivity index (χ1v) is 8.31. The van der Waals surface area contributed by atoms with Crippen LogP contribution in [0, 0.1) is 19.8 Å². The number of nitrogens with zero attached hydrogens (tertiary/aromatic N) is 3. The Morgan fingerprint density at radius 1 is 1.30 bits per heavy atom. The zero-order valence-electron chi connectivity index (χ0n) is 12.4. The number of hydrogen-bond donors (Lipinski definition) is 0. The maximum absolute atomic E-state index is 6.37. The monoisotopic (exact) mass is 309 g/mol. The van der Waals surface area contributed by atoms with Crippen molar-refractivity contribution < 1.29 is 0 Å². The fourth-order valence-electron chi connectivity index (χ4n) is 3.10. The van der Waals surface area contributed by atoms with Crippen LogP contribution in [0.1, 0.15) is 36.5 Å². The highest BCUT2D eigenvalue weighted by Crippen LogP contribution is 2.33. The van der Waals surface area contributed by atoms with Crippen LogP contribution in [0.3, 0.4) is 0 Å². The van der Waals surface area contributed by atoms with Crippen LogP contribution in [0.2, 0.25) is 5.15 Å². The predicted octanol–water partition coefficient (Wildman–Crippen LogP) is 4.19. The van der Waals surface area contributed by atoms with E-state index in [1.807, 2.05) is 0 Å². The molecule has 0 spiro atoms. The normalized spacial score (nSPS) is 23.9. The molecule has 1 fully saturated rings. The third kappa shape index (κ3) is 2.45. The average molecular weight is 310 g/mol. The van der Waals surface area contributed by atoms with Gasteiger partial charge in [0.2, 0.25) is 0 Å². The number of hydrogen-bond acceptors (Lipinski definition) is 4. The van der Waals surface area contributed by atoms with Gasteiger partial charge in [0.15, 0.2) is 0 Å². The molecule has 0 aliphatic carbocycles. The minimum Gasteiger partial charge on any atom is -0.293 e. The Hall–Kier alpha value is -0.710. The fourth-order valence-corrected chi connectivity index (χ4v) is 4.53. The molecule has 2 unspecified atom stereocenters. The number of likely N-dealkylation sites (tertiary alicyclic amines) is 1. The van der Waals surface area contributed by atoms with Crippen LogP contribution in [0.4, 0.5) is 0 Å². The van der Waals surface area contributed by atoms with Gasteiger partial charge in [0.1, 0.15) is 15.8 Å². The van der Waals surface area contributed by atoms with E-state index in [1.165, 1.54) is 16.9 Å². The van der Waals surface area contributed by atoms with Crippen LogP contribution < -0.4 is 0 Å². The molecule has 0 N–H and O–H groups in total. The highest BCUT2D eigenvalue weighted by molar-refractivity contribution is 7.18. The zero-order chi connectivity index (χ0) is 14.4. The first-order valence-electron chi connectivity index (χ1n) is 7.12. The molecule has 3 rings (SSSR count). The first-order chi connectivity index (χ1) is 9.45. The Kier molecular flexibility index (Phi) is 3.73. The zero-order valence-corrected chi connectivity index (χ0v) is 14.0. The van der Waals surface area contributed by atoms with Crippen molar-refractivity contribution in [1.82, 2.24) is 14.9 Å². The Labute approximate surface area is 129 Å². The lowest BCUT2D eigenvalue weighted by molar-refractivity contribution is 0.250. The average Bonchev–Trinajstić information content (AvgIpc) is 2.80. The molecule has 20 heavy (non-hydrogen) atoms. The molecule has 0 aromatic carbocycles. The van der Waals surface area contributed by atoms with Gasteiger partial charge in [-0.25, -0.2) is 9.97 Å². The number of thiophene rings is 1. The Bertz CT molecular complexity index is 652. The number of halogens is 1. The number of aryl methyl sites for hydroxylation is 2. The summed E-state index contributed by atoms with van der Waals surface area (Å²) >= 11 is 8.08. The largest absolute Gasteiger partial charge is 0.293 e. The third-order valence-electron chi connectivity index (χ3n) is 4.29. The van der Waals surface area contributed by atoms with Crippen molar-refractivity contribution in [3.8, 4) is 0 Å². The second kappa shape index (κ2) is 5.24. The molecule has 2 aromatic heterocycles. The van der Waals surface area contributed by atoms with Crippen molar-refractivity contribution in [3.05, 3.63) is 21.4 Å². The summed E-state index contributed by atoms with van der Waals surface area (Å²) in [5, 5.41) is 1.63. The van der Waals surface area contributed by atoms with Crippen LogP contribution in [-0.2, 0) is 6.54 Å². The van der Waals surface area contributed by atoms with Gasteiger partial charge < -0.3 is 0 Å². The molecule has 2 atom stereocenters. The van der Waals surface area contributed by atoms with Gasteiger partial charge in [-0.15, -0.1) is 11.3 Å². The standard InChI is InChI=1S/C15H20ClN3S/c1-8-5-9(2)19(6-8)7-12-17-14(16)13-10(3)11(4)20-15(13)18-12/h8-9H,5-7H2,1-4H3. The Morgan fingerprint density at radius 2 is 2.05 bits per heavy atom. The highest BCUT2D eigenvalue weighted by atomic mass is 35.5. The molecule has 2 aromatic rings. The summed E-state index contributed by atoms with van der Waals surface area (Å²) in [5.41, 5.74) is 1.21. The molecule has 1 aliphatic heterocycles. The van der Waals surface area contributed by atoms with Gasteiger partial charge in [0, 0.05) is 17.5 Å². The van der Waals surface area contributed by atoms with Crippen LogP contribution in [0.5, 0.6) is 0 Å². The highest BCUT2D eigenvalue weighted by Gasteiger charge is 2.27. The van der Waals surface area contributed by atoms with Gasteiger partial charge >= 0.3 is 0 Å². The van der Waals surface area contributed by atoms with E-state index in [9.17, 15) is 0 Å². The van der Waals surface area contributed by atoms with Crippen molar-refractivity contribution in [2.24, 2.45) is 5.92 Å². The molecule has 1 saturated heterocycles. The van der Waals surface area contributed by atoms with E-state index in [-0.39, 0.29) is 0 Å². The van der Waals surface area contributed by atoms with Crippen molar-refractivity contribution in [3.63, 3.8) is 0 Å². The van der Waals surface area contributed by atoms with Crippen molar-refractivity contribution in [1.29, 1.82) is 0 Å². The molecule has 108 valence electrons. The van der Waals surface area contributed by atoms with Gasteiger partial charge in [-0.3, -0.25) is 4.90 Å². The van der Waals surface area contributed by atoms with Crippen molar-refractivity contribution >= 4 is 33.2 Å². The Morgan fingerprint density at radius 3 is 2.70 bits per heavy atom. The quantitative estimate of drug-likeness (QED) is 0.779. The molecule has 0 amide bonds. The minimum absolute atomic E-state index is 0.603. The van der Waals surface area contributed by atoms with Gasteiger partial charge in [-0.05, 0) is 38.7 Å². The summed E-state index contributed by atoms with van der Waals surface area (Å²) in [4.78, 5) is 14.0. The van der Waals surface area contributed by atoms with Gasteiger partial charge in [0.05, 0.1) is 11.9 Å². The van der Waals surface area contributed by atoms with Gasteiger partial charge in [-0.2, -0.15) is 0 Å². The lowest BCUT2D eigenvalue weighted by atomic mass is 10.1. The van der Waals surface area contributed by atoms with E-state index in [2.05, 4.69) is 37.6 Å². The predicted molar refractivity (Wildman–Crippen MR) is 85.6 cm³/mol. The summed E-state index contributed by atoms with van der Waals surface area (Å²) in [6.07, 6.45) is 1.26. The maximum atomic E-state index is 6.37. The summed E-state index contributed by atoms with van der Waals surface area (Å²) in [6.45, 7) is 10.7. The molecule has 5 heteroatoms. The summed E-state index contributed by atoms with van der Waals surface area (Å²) in [6, 6.07) is 0.606. The van der Waals surface area contributed by atoms with Gasteiger partial charge in [0.25, 0.3) is 0 Å². The van der Waals surface area contributed by atoms with E-state index in [1.54, 1.807) is 11.3 Å². The summed E-state index contributed by atoms with van der Waals surface area (Å²) in [7, 11) is 0. The van der Waals surface area contributed by atoms with Crippen LogP contribution in [0.25, 0.3) is 10.2 Å². The molecule has 1 aliphatic rings. The summed E-state index contributed by atoms with van der Waals surface area (Å²) < 4.78 is 0. The maximum Gasteiger partial charge on any atom is 0.145 e. The van der Waals surface area contributed by atoms with Crippen molar-refractivity contribution in [2.75, 3.05) is 6.54 Å². The van der Waals surface area contributed by atoms with E-state index >= 15 is 0 Å². The lowest BCUT2D eigenvalue weighted by Crippen LogP contribution is -2.27. The molecule has 0 saturated carbocycles. The molecule has 3 heterocycles. The van der Waals surface area contributed by atoms with Crippen molar-refractivity contribution in [2.45, 2.75) is 46.7 Å². The molecule has 3 nitrogen and oxygen atoms in total. The number of aromatic nitrogens is 2.